The molecule has 3 rings (SSSR count). The van der Waals surface area contributed by atoms with Gasteiger partial charge in [-0.05, 0) is 48.4 Å². The molecule has 0 saturated heterocycles. The molecule has 2 aromatic carbocycles. The Balaban J connectivity index is 2.25. The summed E-state index contributed by atoms with van der Waals surface area (Å²) in [7, 11) is -3.96. The number of aromatic nitrogens is 1. The van der Waals surface area contributed by atoms with E-state index >= 15 is 0 Å². The zero-order valence-corrected chi connectivity index (χ0v) is 16.3. The molecular weight excluding hydrogens is 382 g/mol. The molecule has 1 heterocycles. The lowest BCUT2D eigenvalue weighted by Crippen LogP contribution is -2.25. The Morgan fingerprint density at radius 2 is 1.67 bits per heavy atom. The SMILES string of the molecule is C=CCn1cc(-c2ccc(Cl)cc2)cc(S(=O)(=O)c2ccc(C)cc2)c1=O. The molecule has 0 radical (unpaired) electrons. The van der Waals surface area contributed by atoms with Crippen LogP contribution in [0.15, 0.2) is 88.0 Å². The molecule has 0 unspecified atom stereocenters. The monoisotopic (exact) mass is 399 g/mol. The van der Waals surface area contributed by atoms with E-state index in [1.165, 1.54) is 22.8 Å². The number of hydrogen-bond donors (Lipinski definition) is 0. The van der Waals surface area contributed by atoms with E-state index in [4.69, 9.17) is 11.6 Å². The van der Waals surface area contributed by atoms with Crippen molar-refractivity contribution in [3.63, 3.8) is 0 Å². The maximum Gasteiger partial charge on any atom is 0.270 e. The number of rotatable bonds is 5. The Morgan fingerprint density at radius 1 is 1.04 bits per heavy atom. The second-order valence-electron chi connectivity index (χ2n) is 6.16. The van der Waals surface area contributed by atoms with Gasteiger partial charge in [-0.3, -0.25) is 4.79 Å². The number of halogens is 1. The molecule has 1 aromatic heterocycles. The lowest BCUT2D eigenvalue weighted by Gasteiger charge is -2.12. The molecule has 138 valence electrons. The highest BCUT2D eigenvalue weighted by atomic mass is 35.5. The van der Waals surface area contributed by atoms with E-state index in [2.05, 4.69) is 6.58 Å². The molecule has 0 aliphatic rings. The molecule has 0 fully saturated rings. The number of sulfone groups is 1. The van der Waals surface area contributed by atoms with E-state index in [9.17, 15) is 13.2 Å². The highest BCUT2D eigenvalue weighted by Crippen LogP contribution is 2.25. The van der Waals surface area contributed by atoms with E-state index in [1.807, 2.05) is 6.92 Å². The van der Waals surface area contributed by atoms with Gasteiger partial charge in [0, 0.05) is 17.8 Å². The highest BCUT2D eigenvalue weighted by molar-refractivity contribution is 7.91. The zero-order chi connectivity index (χ0) is 19.6. The van der Waals surface area contributed by atoms with Crippen molar-refractivity contribution in [3.05, 3.63) is 94.4 Å². The maximum atomic E-state index is 13.1. The van der Waals surface area contributed by atoms with E-state index in [-0.39, 0.29) is 16.3 Å². The average molecular weight is 400 g/mol. The van der Waals surface area contributed by atoms with Gasteiger partial charge in [0.25, 0.3) is 5.56 Å². The summed E-state index contributed by atoms with van der Waals surface area (Å²) in [5.41, 5.74) is 1.73. The molecule has 0 saturated carbocycles. The third-order valence-electron chi connectivity index (χ3n) is 4.18. The Hall–Kier alpha value is -2.63. The van der Waals surface area contributed by atoms with E-state index < -0.39 is 15.4 Å². The van der Waals surface area contributed by atoms with Crippen LogP contribution in [-0.4, -0.2) is 13.0 Å². The first-order valence-corrected chi connectivity index (χ1v) is 10.1. The number of hydrogen-bond acceptors (Lipinski definition) is 3. The van der Waals surface area contributed by atoms with Crippen molar-refractivity contribution < 1.29 is 8.42 Å². The van der Waals surface area contributed by atoms with Gasteiger partial charge in [-0.15, -0.1) is 6.58 Å². The third-order valence-corrected chi connectivity index (χ3v) is 6.19. The predicted octanol–water partition coefficient (Wildman–Crippen LogP) is 4.50. The topological polar surface area (TPSA) is 56.1 Å². The summed E-state index contributed by atoms with van der Waals surface area (Å²) in [6, 6.07) is 14.8. The summed E-state index contributed by atoms with van der Waals surface area (Å²) in [4.78, 5) is 12.6. The fourth-order valence-electron chi connectivity index (χ4n) is 2.72. The van der Waals surface area contributed by atoms with Gasteiger partial charge in [-0.2, -0.15) is 0 Å². The Labute approximate surface area is 163 Å². The lowest BCUT2D eigenvalue weighted by atomic mass is 10.1. The first-order valence-electron chi connectivity index (χ1n) is 8.26. The summed E-state index contributed by atoms with van der Waals surface area (Å²) >= 11 is 5.94. The van der Waals surface area contributed by atoms with Crippen molar-refractivity contribution in [2.75, 3.05) is 0 Å². The first-order chi connectivity index (χ1) is 12.8. The van der Waals surface area contributed by atoms with Crippen LogP contribution in [-0.2, 0) is 16.4 Å². The van der Waals surface area contributed by atoms with Crippen LogP contribution in [0.1, 0.15) is 5.56 Å². The number of pyridine rings is 1. The highest BCUT2D eigenvalue weighted by Gasteiger charge is 2.23. The van der Waals surface area contributed by atoms with Crippen LogP contribution in [0.25, 0.3) is 11.1 Å². The molecule has 0 N–H and O–H groups in total. The van der Waals surface area contributed by atoms with Crippen molar-refractivity contribution in [1.82, 2.24) is 4.57 Å². The van der Waals surface area contributed by atoms with Gasteiger partial charge in [0.2, 0.25) is 9.84 Å². The van der Waals surface area contributed by atoms with Crippen molar-refractivity contribution >= 4 is 21.4 Å². The Bertz CT molecular complexity index is 1150. The standard InChI is InChI=1S/C21H18ClNO3S/c1-3-12-23-14-17(16-6-8-18(22)9-7-16)13-20(21(23)24)27(25,26)19-10-4-15(2)5-11-19/h3-11,13-14H,1,12H2,2H3. The number of benzene rings is 2. The number of aryl methyl sites for hydroxylation is 1. The summed E-state index contributed by atoms with van der Waals surface area (Å²) in [5, 5.41) is 0.575. The minimum Gasteiger partial charge on any atom is -0.310 e. The van der Waals surface area contributed by atoms with Crippen LogP contribution in [0.3, 0.4) is 0 Å². The van der Waals surface area contributed by atoms with Crippen LogP contribution in [0, 0.1) is 6.92 Å². The lowest BCUT2D eigenvalue weighted by molar-refractivity contribution is 0.592. The molecule has 0 bridgehead atoms. The molecule has 4 nitrogen and oxygen atoms in total. The van der Waals surface area contributed by atoms with Gasteiger partial charge in [-0.25, -0.2) is 8.42 Å². The molecule has 0 aliphatic carbocycles. The number of nitrogens with zero attached hydrogens (tertiary/aromatic N) is 1. The Kier molecular flexibility index (Phi) is 5.35. The fraction of sp³-hybridized carbons (Fsp3) is 0.0952. The zero-order valence-electron chi connectivity index (χ0n) is 14.7. The molecule has 6 heteroatoms. The smallest absolute Gasteiger partial charge is 0.270 e. The van der Waals surface area contributed by atoms with E-state index in [0.717, 1.165) is 11.1 Å². The van der Waals surface area contributed by atoms with Gasteiger partial charge >= 0.3 is 0 Å². The van der Waals surface area contributed by atoms with Gasteiger partial charge in [-0.1, -0.05) is 47.5 Å². The Morgan fingerprint density at radius 3 is 2.26 bits per heavy atom. The van der Waals surface area contributed by atoms with Gasteiger partial charge in [0.05, 0.1) is 4.90 Å². The van der Waals surface area contributed by atoms with E-state index in [0.29, 0.717) is 10.6 Å². The van der Waals surface area contributed by atoms with Crippen molar-refractivity contribution in [2.45, 2.75) is 23.3 Å². The molecular formula is C21H18ClNO3S. The molecule has 0 atom stereocenters. The van der Waals surface area contributed by atoms with Crippen LogP contribution >= 0.6 is 11.6 Å². The first kappa shape index (κ1) is 19.1. The molecule has 27 heavy (non-hydrogen) atoms. The van der Waals surface area contributed by atoms with Crippen molar-refractivity contribution in [3.8, 4) is 11.1 Å². The third kappa shape index (κ3) is 3.89. The predicted molar refractivity (Wildman–Crippen MR) is 108 cm³/mol. The largest absolute Gasteiger partial charge is 0.310 e. The summed E-state index contributed by atoms with van der Waals surface area (Å²) in [5.74, 6) is 0. The minimum absolute atomic E-state index is 0.0867. The van der Waals surface area contributed by atoms with Crippen molar-refractivity contribution in [2.24, 2.45) is 0 Å². The van der Waals surface area contributed by atoms with Crippen molar-refractivity contribution in [1.29, 1.82) is 0 Å². The summed E-state index contributed by atoms with van der Waals surface area (Å²) in [6.07, 6.45) is 3.18. The molecule has 3 aromatic rings. The second kappa shape index (κ2) is 7.55. The van der Waals surface area contributed by atoms with Gasteiger partial charge in [0.15, 0.2) is 0 Å². The molecule has 0 amide bonds. The summed E-state index contributed by atoms with van der Waals surface area (Å²) < 4.78 is 27.5. The van der Waals surface area contributed by atoms with Crippen LogP contribution in [0.5, 0.6) is 0 Å². The maximum absolute atomic E-state index is 13.1. The molecule has 0 spiro atoms. The normalized spacial score (nSPS) is 11.3. The van der Waals surface area contributed by atoms with E-state index in [1.54, 1.807) is 48.7 Å². The fourth-order valence-corrected chi connectivity index (χ4v) is 4.22. The average Bonchev–Trinajstić information content (AvgIpc) is 2.64. The quantitative estimate of drug-likeness (QED) is 0.593. The van der Waals surface area contributed by atoms with Crippen LogP contribution in [0.2, 0.25) is 5.02 Å². The van der Waals surface area contributed by atoms with Gasteiger partial charge in [0.1, 0.15) is 4.90 Å². The second-order valence-corrected chi connectivity index (χ2v) is 8.52. The molecule has 0 aliphatic heterocycles. The minimum atomic E-state index is -3.96. The van der Waals surface area contributed by atoms with Crippen LogP contribution < -0.4 is 5.56 Å². The number of allylic oxidation sites excluding steroid dienone is 1. The van der Waals surface area contributed by atoms with Crippen LogP contribution in [0.4, 0.5) is 0 Å². The summed E-state index contributed by atoms with van der Waals surface area (Å²) in [6.45, 7) is 5.72. The van der Waals surface area contributed by atoms with Gasteiger partial charge < -0.3 is 4.57 Å².